The molecular weight excluding hydrogens is 322 g/mol. The standard InChI is InChI=1S/C22H33N3O/c1-21(2)17-9-10-18(15-17)22(21,3)23-20(26)16-24-11-13-25(14-12-24)19-7-5-4-6-8-19/h4-8,17-18H,9-16H2,1-3H3,(H,23,26)/p+1/t17-,18+,22+/m0/s1. The lowest BCUT2D eigenvalue weighted by molar-refractivity contribution is -0.892. The van der Waals surface area contributed by atoms with Gasteiger partial charge in [-0.1, -0.05) is 32.0 Å². The van der Waals surface area contributed by atoms with E-state index in [1.807, 2.05) is 0 Å². The van der Waals surface area contributed by atoms with E-state index in [1.54, 1.807) is 0 Å². The van der Waals surface area contributed by atoms with E-state index in [1.165, 1.54) is 29.8 Å². The summed E-state index contributed by atoms with van der Waals surface area (Å²) in [7, 11) is 0. The molecule has 1 heterocycles. The van der Waals surface area contributed by atoms with Crippen LogP contribution in [0.25, 0.3) is 0 Å². The molecule has 4 heteroatoms. The van der Waals surface area contributed by atoms with Gasteiger partial charge in [0.15, 0.2) is 6.54 Å². The first kappa shape index (κ1) is 17.8. The van der Waals surface area contributed by atoms with Gasteiger partial charge in [-0.05, 0) is 55.6 Å². The third-order valence-corrected chi connectivity index (χ3v) is 8.01. The molecule has 0 aromatic heterocycles. The van der Waals surface area contributed by atoms with Gasteiger partial charge in [-0.2, -0.15) is 0 Å². The fourth-order valence-corrected chi connectivity index (χ4v) is 5.83. The van der Waals surface area contributed by atoms with Crippen LogP contribution in [-0.2, 0) is 4.79 Å². The minimum Gasteiger partial charge on any atom is -0.360 e. The van der Waals surface area contributed by atoms with Gasteiger partial charge in [0, 0.05) is 11.2 Å². The molecule has 4 nitrogen and oxygen atoms in total. The van der Waals surface area contributed by atoms with Crippen molar-refractivity contribution in [3.05, 3.63) is 30.3 Å². The molecule has 0 spiro atoms. The molecule has 1 aliphatic heterocycles. The molecule has 2 saturated carbocycles. The number of hydrogen-bond donors (Lipinski definition) is 2. The van der Waals surface area contributed by atoms with Crippen molar-refractivity contribution in [1.82, 2.24) is 5.32 Å². The van der Waals surface area contributed by atoms with Crippen LogP contribution in [-0.4, -0.2) is 44.2 Å². The molecular formula is C22H34N3O+. The van der Waals surface area contributed by atoms with Crippen LogP contribution >= 0.6 is 0 Å². The van der Waals surface area contributed by atoms with Crippen LogP contribution in [0.15, 0.2) is 30.3 Å². The number of anilines is 1. The summed E-state index contributed by atoms with van der Waals surface area (Å²) in [5, 5.41) is 3.49. The lowest BCUT2D eigenvalue weighted by Gasteiger charge is -2.48. The fourth-order valence-electron chi connectivity index (χ4n) is 5.83. The van der Waals surface area contributed by atoms with Crippen molar-refractivity contribution in [2.75, 3.05) is 37.6 Å². The van der Waals surface area contributed by atoms with Crippen LogP contribution < -0.4 is 15.1 Å². The van der Waals surface area contributed by atoms with E-state index >= 15 is 0 Å². The van der Waals surface area contributed by atoms with Gasteiger partial charge < -0.3 is 15.1 Å². The number of para-hydroxylation sites is 1. The highest BCUT2D eigenvalue weighted by Gasteiger charge is 2.60. The highest BCUT2D eigenvalue weighted by atomic mass is 16.2. The van der Waals surface area contributed by atoms with Crippen molar-refractivity contribution < 1.29 is 9.69 Å². The Morgan fingerprint density at radius 3 is 2.38 bits per heavy atom. The second-order valence-corrected chi connectivity index (χ2v) is 9.43. The Hall–Kier alpha value is -1.55. The molecule has 3 aliphatic rings. The van der Waals surface area contributed by atoms with Crippen molar-refractivity contribution >= 4 is 11.6 Å². The monoisotopic (exact) mass is 356 g/mol. The maximum atomic E-state index is 12.8. The topological polar surface area (TPSA) is 36.8 Å². The summed E-state index contributed by atoms with van der Waals surface area (Å²) in [6, 6.07) is 10.6. The Bertz CT molecular complexity index is 651. The van der Waals surface area contributed by atoms with Gasteiger partial charge in [0.1, 0.15) is 0 Å². The Balaban J connectivity index is 1.31. The normalized spacial score (nSPS) is 33.4. The summed E-state index contributed by atoms with van der Waals surface area (Å²) in [5.41, 5.74) is 1.48. The molecule has 2 N–H and O–H groups in total. The van der Waals surface area contributed by atoms with Crippen molar-refractivity contribution in [2.45, 2.75) is 45.6 Å². The number of amides is 1. The third-order valence-electron chi connectivity index (χ3n) is 8.01. The molecule has 1 aromatic rings. The first-order valence-electron chi connectivity index (χ1n) is 10.3. The third kappa shape index (κ3) is 2.92. The van der Waals surface area contributed by atoms with Gasteiger partial charge in [-0.25, -0.2) is 0 Å². The number of carbonyl (C=O) groups is 1. The van der Waals surface area contributed by atoms with Crippen molar-refractivity contribution in [2.24, 2.45) is 17.3 Å². The summed E-state index contributed by atoms with van der Waals surface area (Å²) in [6.07, 6.45) is 3.93. The summed E-state index contributed by atoms with van der Waals surface area (Å²) in [6.45, 7) is 11.8. The molecule has 142 valence electrons. The average Bonchev–Trinajstić information content (AvgIpc) is 3.19. The number of benzene rings is 1. The van der Waals surface area contributed by atoms with Gasteiger partial charge in [0.25, 0.3) is 5.91 Å². The predicted octanol–water partition coefficient (Wildman–Crippen LogP) is 1.72. The highest BCUT2D eigenvalue weighted by Crippen LogP contribution is 2.61. The first-order valence-corrected chi connectivity index (χ1v) is 10.3. The van der Waals surface area contributed by atoms with Crippen molar-refractivity contribution in [3.63, 3.8) is 0 Å². The van der Waals surface area contributed by atoms with Crippen LogP contribution in [0.5, 0.6) is 0 Å². The number of nitrogens with one attached hydrogen (secondary N) is 2. The van der Waals surface area contributed by atoms with E-state index < -0.39 is 0 Å². The highest BCUT2D eigenvalue weighted by molar-refractivity contribution is 5.78. The Labute approximate surface area is 157 Å². The summed E-state index contributed by atoms with van der Waals surface area (Å²) >= 11 is 0. The average molecular weight is 357 g/mol. The van der Waals surface area contributed by atoms with E-state index in [0.717, 1.165) is 32.1 Å². The lowest BCUT2D eigenvalue weighted by atomic mass is 9.64. The number of piperazine rings is 1. The summed E-state index contributed by atoms with van der Waals surface area (Å²) in [5.74, 6) is 1.69. The number of quaternary nitrogens is 1. The molecule has 0 unspecified atom stereocenters. The quantitative estimate of drug-likeness (QED) is 0.862. The molecule has 2 bridgehead atoms. The molecule has 26 heavy (non-hydrogen) atoms. The Morgan fingerprint density at radius 1 is 1.12 bits per heavy atom. The first-order chi connectivity index (χ1) is 12.4. The number of hydrogen-bond acceptors (Lipinski definition) is 2. The van der Waals surface area contributed by atoms with E-state index in [0.29, 0.717) is 12.5 Å². The van der Waals surface area contributed by atoms with Crippen molar-refractivity contribution in [1.29, 1.82) is 0 Å². The Kier molecular flexibility index (Phi) is 4.50. The SMILES string of the molecule is CC1(C)[C@H]2CC[C@H](C2)[C@@]1(C)NC(=O)C[NH+]1CCN(c2ccccc2)CC1. The van der Waals surface area contributed by atoms with Crippen LogP contribution in [0.4, 0.5) is 5.69 Å². The molecule has 0 radical (unpaired) electrons. The molecule has 4 rings (SSSR count). The largest absolute Gasteiger partial charge is 0.360 e. The van der Waals surface area contributed by atoms with E-state index in [2.05, 4.69) is 61.3 Å². The van der Waals surface area contributed by atoms with Gasteiger partial charge in [-0.3, -0.25) is 4.79 Å². The molecule has 3 fully saturated rings. The van der Waals surface area contributed by atoms with Gasteiger partial charge >= 0.3 is 0 Å². The molecule has 2 aliphatic carbocycles. The predicted molar refractivity (Wildman–Crippen MR) is 105 cm³/mol. The van der Waals surface area contributed by atoms with Crippen LogP contribution in [0.3, 0.4) is 0 Å². The van der Waals surface area contributed by atoms with E-state index in [4.69, 9.17) is 0 Å². The number of fused-ring (bicyclic) bond motifs is 2. The van der Waals surface area contributed by atoms with Crippen LogP contribution in [0.1, 0.15) is 40.0 Å². The molecule has 1 amide bonds. The van der Waals surface area contributed by atoms with Gasteiger partial charge in [0.2, 0.25) is 0 Å². The van der Waals surface area contributed by atoms with Gasteiger partial charge in [0.05, 0.1) is 26.2 Å². The number of nitrogens with zero attached hydrogens (tertiary/aromatic N) is 1. The van der Waals surface area contributed by atoms with E-state index in [-0.39, 0.29) is 16.9 Å². The minimum atomic E-state index is -0.0295. The second-order valence-electron chi connectivity index (χ2n) is 9.43. The second kappa shape index (κ2) is 6.56. The lowest BCUT2D eigenvalue weighted by Crippen LogP contribution is -3.16. The molecule has 3 atom stereocenters. The zero-order valence-electron chi connectivity index (χ0n) is 16.6. The number of carbonyl (C=O) groups excluding carboxylic acids is 1. The van der Waals surface area contributed by atoms with Crippen LogP contribution in [0, 0.1) is 17.3 Å². The van der Waals surface area contributed by atoms with E-state index in [9.17, 15) is 4.79 Å². The maximum absolute atomic E-state index is 12.8. The smallest absolute Gasteiger partial charge is 0.275 e. The minimum absolute atomic E-state index is 0.0295. The molecule has 1 saturated heterocycles. The summed E-state index contributed by atoms with van der Waals surface area (Å²) < 4.78 is 0. The fraction of sp³-hybridized carbons (Fsp3) is 0.682. The zero-order valence-corrected chi connectivity index (χ0v) is 16.6. The molecule has 1 aromatic carbocycles. The van der Waals surface area contributed by atoms with Crippen molar-refractivity contribution in [3.8, 4) is 0 Å². The zero-order chi connectivity index (χ0) is 18.4. The summed E-state index contributed by atoms with van der Waals surface area (Å²) in [4.78, 5) is 16.7. The number of rotatable bonds is 4. The Morgan fingerprint density at radius 2 is 1.77 bits per heavy atom. The van der Waals surface area contributed by atoms with Gasteiger partial charge in [-0.15, -0.1) is 0 Å². The van der Waals surface area contributed by atoms with Crippen LogP contribution in [0.2, 0.25) is 0 Å². The maximum Gasteiger partial charge on any atom is 0.275 e.